The molecule has 0 unspecified atom stereocenters. The standard InChI is InChI=1S/C13H14N2O3/c1-18-13(17)7-6-12(16)15-11-8-14-10-5-3-2-4-9(10)11/h2-5,8,14H,6-7H2,1H3,(H,15,16). The van der Waals surface area contributed by atoms with Crippen LogP contribution in [0.1, 0.15) is 12.8 Å². The van der Waals surface area contributed by atoms with Crippen LogP contribution in [0.5, 0.6) is 0 Å². The summed E-state index contributed by atoms with van der Waals surface area (Å²) < 4.78 is 4.48. The number of nitrogens with one attached hydrogen (secondary N) is 2. The second kappa shape index (κ2) is 5.35. The molecule has 0 saturated carbocycles. The summed E-state index contributed by atoms with van der Waals surface area (Å²) in [5, 5.41) is 3.71. The second-order valence-electron chi connectivity index (χ2n) is 3.87. The van der Waals surface area contributed by atoms with E-state index in [0.717, 1.165) is 16.6 Å². The van der Waals surface area contributed by atoms with E-state index in [0.29, 0.717) is 0 Å². The van der Waals surface area contributed by atoms with Crippen LogP contribution in [0.4, 0.5) is 5.69 Å². The molecule has 0 aliphatic carbocycles. The first-order valence-corrected chi connectivity index (χ1v) is 5.63. The molecule has 0 bridgehead atoms. The summed E-state index contributed by atoms with van der Waals surface area (Å²) in [5.74, 6) is -0.589. The minimum absolute atomic E-state index is 0.0880. The molecule has 0 aliphatic rings. The third kappa shape index (κ3) is 2.68. The van der Waals surface area contributed by atoms with E-state index in [4.69, 9.17) is 0 Å². The Morgan fingerprint density at radius 1 is 1.28 bits per heavy atom. The number of esters is 1. The van der Waals surface area contributed by atoms with Crippen LogP contribution in [-0.4, -0.2) is 24.0 Å². The van der Waals surface area contributed by atoms with Gasteiger partial charge in [0.2, 0.25) is 5.91 Å². The lowest BCUT2D eigenvalue weighted by atomic mass is 10.2. The number of H-pyrrole nitrogens is 1. The van der Waals surface area contributed by atoms with Crippen LogP contribution in [0.25, 0.3) is 10.9 Å². The first-order valence-electron chi connectivity index (χ1n) is 5.63. The number of carbonyl (C=O) groups excluding carboxylic acids is 2. The zero-order chi connectivity index (χ0) is 13.0. The fourth-order valence-corrected chi connectivity index (χ4v) is 1.71. The highest BCUT2D eigenvalue weighted by atomic mass is 16.5. The molecular formula is C13H14N2O3. The molecule has 0 spiro atoms. The summed E-state index contributed by atoms with van der Waals surface area (Å²) in [4.78, 5) is 25.6. The third-order valence-corrected chi connectivity index (χ3v) is 2.65. The Bertz CT molecular complexity index is 574. The molecule has 2 aromatic rings. The number of aromatic nitrogens is 1. The van der Waals surface area contributed by atoms with Crippen LogP contribution in [0.2, 0.25) is 0 Å². The average Bonchev–Trinajstić information content (AvgIpc) is 2.79. The number of anilines is 1. The van der Waals surface area contributed by atoms with Gasteiger partial charge in [-0.15, -0.1) is 0 Å². The zero-order valence-electron chi connectivity index (χ0n) is 10.0. The summed E-state index contributed by atoms with van der Waals surface area (Å²) in [6.45, 7) is 0. The summed E-state index contributed by atoms with van der Waals surface area (Å²) in [5.41, 5.74) is 1.68. The molecule has 1 amide bonds. The van der Waals surface area contributed by atoms with Gasteiger partial charge in [-0.05, 0) is 6.07 Å². The molecule has 2 N–H and O–H groups in total. The Labute approximate surface area is 104 Å². The van der Waals surface area contributed by atoms with Crippen molar-refractivity contribution >= 4 is 28.5 Å². The SMILES string of the molecule is COC(=O)CCC(=O)Nc1c[nH]c2ccccc12. The van der Waals surface area contributed by atoms with Crippen molar-refractivity contribution in [2.24, 2.45) is 0 Å². The second-order valence-corrected chi connectivity index (χ2v) is 3.87. The number of fused-ring (bicyclic) bond motifs is 1. The largest absolute Gasteiger partial charge is 0.469 e. The maximum absolute atomic E-state index is 11.6. The van der Waals surface area contributed by atoms with Crippen molar-refractivity contribution in [3.05, 3.63) is 30.5 Å². The van der Waals surface area contributed by atoms with Crippen LogP contribution in [0.3, 0.4) is 0 Å². The van der Waals surface area contributed by atoms with Crippen LogP contribution in [-0.2, 0) is 14.3 Å². The highest BCUT2D eigenvalue weighted by Crippen LogP contribution is 2.22. The lowest BCUT2D eigenvalue weighted by molar-refractivity contribution is -0.141. The molecule has 2 rings (SSSR count). The normalized spacial score (nSPS) is 10.3. The molecule has 0 saturated heterocycles. The number of benzene rings is 1. The van der Waals surface area contributed by atoms with Gasteiger partial charge in [0.05, 0.1) is 19.2 Å². The van der Waals surface area contributed by atoms with E-state index in [-0.39, 0.29) is 24.7 Å². The first-order chi connectivity index (χ1) is 8.70. The lowest BCUT2D eigenvalue weighted by Crippen LogP contribution is -2.13. The number of rotatable bonds is 4. The van der Waals surface area contributed by atoms with E-state index in [1.807, 2.05) is 24.3 Å². The highest BCUT2D eigenvalue weighted by molar-refractivity contribution is 6.02. The Kier molecular flexibility index (Phi) is 3.62. The molecule has 18 heavy (non-hydrogen) atoms. The van der Waals surface area contributed by atoms with Crippen molar-refractivity contribution in [1.82, 2.24) is 4.98 Å². The van der Waals surface area contributed by atoms with E-state index in [1.165, 1.54) is 7.11 Å². The van der Waals surface area contributed by atoms with E-state index in [9.17, 15) is 9.59 Å². The number of para-hydroxylation sites is 1. The number of ether oxygens (including phenoxy) is 1. The highest BCUT2D eigenvalue weighted by Gasteiger charge is 2.09. The molecule has 1 aromatic carbocycles. The Balaban J connectivity index is 2.01. The van der Waals surface area contributed by atoms with Gasteiger partial charge in [-0.25, -0.2) is 0 Å². The van der Waals surface area contributed by atoms with Crippen molar-refractivity contribution in [1.29, 1.82) is 0 Å². The lowest BCUT2D eigenvalue weighted by Gasteiger charge is -2.03. The maximum atomic E-state index is 11.6. The predicted octanol–water partition coefficient (Wildman–Crippen LogP) is 2.06. The smallest absolute Gasteiger partial charge is 0.306 e. The van der Waals surface area contributed by atoms with Gasteiger partial charge in [-0.1, -0.05) is 18.2 Å². The van der Waals surface area contributed by atoms with E-state index < -0.39 is 0 Å². The maximum Gasteiger partial charge on any atom is 0.306 e. The number of hydrogen-bond acceptors (Lipinski definition) is 3. The Morgan fingerprint density at radius 3 is 2.83 bits per heavy atom. The van der Waals surface area contributed by atoms with Crippen molar-refractivity contribution < 1.29 is 14.3 Å². The molecular weight excluding hydrogens is 232 g/mol. The molecule has 1 heterocycles. The predicted molar refractivity (Wildman–Crippen MR) is 68.2 cm³/mol. The molecule has 0 fully saturated rings. The summed E-state index contributed by atoms with van der Waals surface area (Å²) >= 11 is 0. The fraction of sp³-hybridized carbons (Fsp3) is 0.231. The quantitative estimate of drug-likeness (QED) is 0.811. The van der Waals surface area contributed by atoms with Crippen LogP contribution >= 0.6 is 0 Å². The van der Waals surface area contributed by atoms with Crippen molar-refractivity contribution in [3.63, 3.8) is 0 Å². The number of carbonyl (C=O) groups is 2. The van der Waals surface area contributed by atoms with Crippen LogP contribution in [0, 0.1) is 0 Å². The number of aromatic amines is 1. The first kappa shape index (κ1) is 12.2. The molecule has 94 valence electrons. The fourth-order valence-electron chi connectivity index (χ4n) is 1.71. The monoisotopic (exact) mass is 246 g/mol. The van der Waals surface area contributed by atoms with Crippen molar-refractivity contribution in [2.45, 2.75) is 12.8 Å². The average molecular weight is 246 g/mol. The number of hydrogen-bond donors (Lipinski definition) is 2. The van der Waals surface area contributed by atoms with Crippen molar-refractivity contribution in [3.8, 4) is 0 Å². The van der Waals surface area contributed by atoms with Crippen LogP contribution < -0.4 is 5.32 Å². The van der Waals surface area contributed by atoms with E-state index in [1.54, 1.807) is 6.20 Å². The van der Waals surface area contributed by atoms with E-state index in [2.05, 4.69) is 15.0 Å². The molecule has 5 heteroatoms. The molecule has 5 nitrogen and oxygen atoms in total. The zero-order valence-corrected chi connectivity index (χ0v) is 10.0. The summed E-state index contributed by atoms with van der Waals surface area (Å²) in [6, 6.07) is 7.67. The van der Waals surface area contributed by atoms with Gasteiger partial charge in [0, 0.05) is 23.5 Å². The number of amides is 1. The summed E-state index contributed by atoms with van der Waals surface area (Å²) in [7, 11) is 1.31. The van der Waals surface area contributed by atoms with Crippen LogP contribution in [0.15, 0.2) is 30.5 Å². The number of methoxy groups -OCH3 is 1. The minimum atomic E-state index is -0.385. The van der Waals surface area contributed by atoms with Gasteiger partial charge in [0.1, 0.15) is 0 Å². The Hall–Kier alpha value is -2.30. The van der Waals surface area contributed by atoms with Gasteiger partial charge in [-0.2, -0.15) is 0 Å². The van der Waals surface area contributed by atoms with Gasteiger partial charge in [0.25, 0.3) is 0 Å². The van der Waals surface area contributed by atoms with Gasteiger partial charge in [0.15, 0.2) is 0 Å². The van der Waals surface area contributed by atoms with Gasteiger partial charge >= 0.3 is 5.97 Å². The molecule has 0 radical (unpaired) electrons. The Morgan fingerprint density at radius 2 is 2.06 bits per heavy atom. The minimum Gasteiger partial charge on any atom is -0.469 e. The summed E-state index contributed by atoms with van der Waals surface area (Å²) in [6.07, 6.45) is 1.94. The van der Waals surface area contributed by atoms with Gasteiger partial charge in [-0.3, -0.25) is 9.59 Å². The van der Waals surface area contributed by atoms with E-state index >= 15 is 0 Å². The molecule has 0 aliphatic heterocycles. The molecule has 1 aromatic heterocycles. The molecule has 0 atom stereocenters. The topological polar surface area (TPSA) is 71.2 Å². The van der Waals surface area contributed by atoms with Gasteiger partial charge < -0.3 is 15.0 Å². The van der Waals surface area contributed by atoms with Crippen molar-refractivity contribution in [2.75, 3.05) is 12.4 Å². The third-order valence-electron chi connectivity index (χ3n) is 2.65.